The fourth-order valence-electron chi connectivity index (χ4n) is 3.33. The van der Waals surface area contributed by atoms with Gasteiger partial charge >= 0.3 is 0 Å². The van der Waals surface area contributed by atoms with Crippen molar-refractivity contribution in [3.05, 3.63) is 65.3 Å². The number of aromatic nitrogens is 4. The van der Waals surface area contributed by atoms with Crippen LogP contribution in [0.5, 0.6) is 0 Å². The number of fused-ring (bicyclic) bond motifs is 1. The second-order valence-electron chi connectivity index (χ2n) is 6.62. The van der Waals surface area contributed by atoms with Crippen LogP contribution in [0.1, 0.15) is 11.9 Å². The first-order valence-electron chi connectivity index (χ1n) is 9.20. The summed E-state index contributed by atoms with van der Waals surface area (Å²) in [5.41, 5.74) is -0.550. The second-order valence-corrected chi connectivity index (χ2v) is 6.62. The molecule has 2 atom stereocenters. The molecule has 0 aromatic carbocycles. The summed E-state index contributed by atoms with van der Waals surface area (Å²) in [4.78, 5) is 38.5. The molecule has 10 nitrogen and oxygen atoms in total. The topological polar surface area (TPSA) is 123 Å². The van der Waals surface area contributed by atoms with Gasteiger partial charge in [0.15, 0.2) is 0 Å². The number of carbonyl (C=O) groups is 1. The molecule has 2 aliphatic heterocycles. The van der Waals surface area contributed by atoms with E-state index in [-0.39, 0.29) is 11.5 Å². The molecule has 2 unspecified atom stereocenters. The third-order valence-corrected chi connectivity index (χ3v) is 4.86. The van der Waals surface area contributed by atoms with E-state index in [1.54, 1.807) is 41.3 Å². The maximum absolute atomic E-state index is 13.0. The number of nitrogens with zero attached hydrogens (tertiary/aromatic N) is 4. The Bertz CT molecular complexity index is 1020. The lowest BCUT2D eigenvalue weighted by atomic mass is 10.1. The summed E-state index contributed by atoms with van der Waals surface area (Å²) in [6, 6.07) is 2.60. The van der Waals surface area contributed by atoms with Gasteiger partial charge in [0.1, 0.15) is 12.2 Å². The van der Waals surface area contributed by atoms with Crippen LogP contribution in [-0.2, 0) is 16.1 Å². The van der Waals surface area contributed by atoms with Crippen molar-refractivity contribution in [3.8, 4) is 11.4 Å². The molecule has 4 rings (SSSR count). The summed E-state index contributed by atoms with van der Waals surface area (Å²) < 4.78 is 7.00. The SMILES string of the molecule is COC1(C(=O)NC2CNCCn3c2nc(-c2ccncn2)cc3=O)C=CC=CN1. The molecule has 0 radical (unpaired) electrons. The third kappa shape index (κ3) is 3.67. The van der Waals surface area contributed by atoms with Crippen molar-refractivity contribution in [1.29, 1.82) is 0 Å². The van der Waals surface area contributed by atoms with Crippen LogP contribution in [0.25, 0.3) is 11.4 Å². The van der Waals surface area contributed by atoms with Gasteiger partial charge in [-0.05, 0) is 24.4 Å². The fraction of sp³-hybridized carbons (Fsp3) is 0.316. The van der Waals surface area contributed by atoms with Gasteiger partial charge in [-0.15, -0.1) is 0 Å². The Morgan fingerprint density at radius 2 is 2.28 bits per heavy atom. The molecule has 0 fully saturated rings. The quantitative estimate of drug-likeness (QED) is 0.632. The molecular formula is C19H21N7O3. The highest BCUT2D eigenvalue weighted by molar-refractivity contribution is 5.87. The Kier molecular flexibility index (Phi) is 5.19. The van der Waals surface area contributed by atoms with Crippen LogP contribution < -0.4 is 21.5 Å². The van der Waals surface area contributed by atoms with Crippen molar-refractivity contribution in [1.82, 2.24) is 35.5 Å². The van der Waals surface area contributed by atoms with Crippen molar-refractivity contribution < 1.29 is 9.53 Å². The highest BCUT2D eigenvalue weighted by Crippen LogP contribution is 2.19. The number of hydrogen-bond donors (Lipinski definition) is 3. The number of dihydropyridines is 1. The van der Waals surface area contributed by atoms with Crippen LogP contribution in [0.3, 0.4) is 0 Å². The number of allylic oxidation sites excluding steroid dienone is 2. The molecule has 0 spiro atoms. The minimum Gasteiger partial charge on any atom is -0.353 e. The zero-order chi connectivity index (χ0) is 20.3. The van der Waals surface area contributed by atoms with Crippen molar-refractivity contribution in [2.45, 2.75) is 18.3 Å². The summed E-state index contributed by atoms with van der Waals surface area (Å²) in [6.45, 7) is 1.46. The maximum atomic E-state index is 13.0. The lowest BCUT2D eigenvalue weighted by molar-refractivity contribution is -0.141. The Labute approximate surface area is 166 Å². The minimum atomic E-state index is -1.32. The number of methoxy groups -OCH3 is 1. The van der Waals surface area contributed by atoms with Gasteiger partial charge in [-0.25, -0.2) is 15.0 Å². The Morgan fingerprint density at radius 1 is 1.38 bits per heavy atom. The van der Waals surface area contributed by atoms with E-state index in [4.69, 9.17) is 4.74 Å². The van der Waals surface area contributed by atoms with Gasteiger partial charge in [-0.2, -0.15) is 0 Å². The number of ether oxygens (including phenoxy) is 1. The van der Waals surface area contributed by atoms with Crippen LogP contribution >= 0.6 is 0 Å². The van der Waals surface area contributed by atoms with E-state index in [1.165, 1.54) is 19.5 Å². The average Bonchev–Trinajstić information content (AvgIpc) is 2.97. The summed E-state index contributed by atoms with van der Waals surface area (Å²) in [5.74, 6) is 0.0774. The number of rotatable bonds is 4. The molecule has 29 heavy (non-hydrogen) atoms. The predicted molar refractivity (Wildman–Crippen MR) is 104 cm³/mol. The fourth-order valence-corrected chi connectivity index (χ4v) is 3.33. The van der Waals surface area contributed by atoms with Gasteiger partial charge in [0.25, 0.3) is 11.5 Å². The molecule has 3 N–H and O–H groups in total. The molecule has 150 valence electrons. The van der Waals surface area contributed by atoms with Crippen LogP contribution in [0.15, 0.2) is 53.9 Å². The molecule has 10 heteroatoms. The standard InChI is InChI=1S/C19H21N7O3/c1-29-19(5-2-3-6-23-19)18(28)25-15-11-20-8-9-26-16(27)10-14(24-17(15)26)13-4-7-21-12-22-13/h2-7,10,12,15,20,23H,8-9,11H2,1H3,(H,25,28). The van der Waals surface area contributed by atoms with E-state index in [0.717, 1.165) is 0 Å². The van der Waals surface area contributed by atoms with Crippen LogP contribution in [0.2, 0.25) is 0 Å². The summed E-state index contributed by atoms with van der Waals surface area (Å²) >= 11 is 0. The first-order chi connectivity index (χ1) is 14.1. The van der Waals surface area contributed by atoms with E-state index in [9.17, 15) is 9.59 Å². The average molecular weight is 395 g/mol. The van der Waals surface area contributed by atoms with E-state index in [0.29, 0.717) is 36.8 Å². The number of nitrogens with one attached hydrogen (secondary N) is 3. The van der Waals surface area contributed by atoms with Crippen LogP contribution in [0.4, 0.5) is 0 Å². The highest BCUT2D eigenvalue weighted by atomic mass is 16.5. The van der Waals surface area contributed by atoms with Crippen molar-refractivity contribution in [2.24, 2.45) is 0 Å². The van der Waals surface area contributed by atoms with E-state index in [2.05, 4.69) is 30.9 Å². The predicted octanol–water partition coefficient (Wildman–Crippen LogP) is -0.523. The second kappa shape index (κ2) is 7.94. The van der Waals surface area contributed by atoms with Gasteiger partial charge in [0, 0.05) is 39.0 Å². The molecule has 0 bridgehead atoms. The molecule has 0 saturated carbocycles. The van der Waals surface area contributed by atoms with Crippen molar-refractivity contribution in [3.63, 3.8) is 0 Å². The lowest BCUT2D eigenvalue weighted by Crippen LogP contribution is -2.57. The summed E-state index contributed by atoms with van der Waals surface area (Å²) in [6.07, 6.45) is 9.75. The molecule has 2 aromatic heterocycles. The largest absolute Gasteiger partial charge is 0.353 e. The first kappa shape index (κ1) is 19.0. The van der Waals surface area contributed by atoms with Crippen LogP contribution in [-0.4, -0.2) is 51.4 Å². The maximum Gasteiger partial charge on any atom is 0.278 e. The Hall–Kier alpha value is -3.37. The van der Waals surface area contributed by atoms with Crippen molar-refractivity contribution in [2.75, 3.05) is 20.2 Å². The first-order valence-corrected chi connectivity index (χ1v) is 9.20. The number of amides is 1. The molecular weight excluding hydrogens is 374 g/mol. The molecule has 4 heterocycles. The Balaban J connectivity index is 1.70. The Morgan fingerprint density at radius 3 is 3.00 bits per heavy atom. The van der Waals surface area contributed by atoms with E-state index >= 15 is 0 Å². The van der Waals surface area contributed by atoms with E-state index in [1.807, 2.05) is 0 Å². The monoisotopic (exact) mass is 395 g/mol. The number of carbonyl (C=O) groups excluding carboxylic acids is 1. The zero-order valence-electron chi connectivity index (χ0n) is 15.8. The van der Waals surface area contributed by atoms with Crippen LogP contribution in [0, 0.1) is 0 Å². The smallest absolute Gasteiger partial charge is 0.278 e. The van der Waals surface area contributed by atoms with Crippen molar-refractivity contribution >= 4 is 5.91 Å². The van der Waals surface area contributed by atoms with E-state index < -0.39 is 11.8 Å². The van der Waals surface area contributed by atoms with Gasteiger partial charge in [0.05, 0.1) is 17.4 Å². The normalized spacial score (nSPS) is 23.0. The summed E-state index contributed by atoms with van der Waals surface area (Å²) in [7, 11) is 1.45. The molecule has 2 aromatic rings. The zero-order valence-corrected chi connectivity index (χ0v) is 15.8. The van der Waals surface area contributed by atoms with Gasteiger partial charge in [-0.3, -0.25) is 14.2 Å². The highest BCUT2D eigenvalue weighted by Gasteiger charge is 2.38. The van der Waals surface area contributed by atoms with Gasteiger partial charge in [-0.1, -0.05) is 6.08 Å². The molecule has 2 aliphatic rings. The third-order valence-electron chi connectivity index (χ3n) is 4.86. The molecule has 1 amide bonds. The number of hydrogen-bond acceptors (Lipinski definition) is 8. The van der Waals surface area contributed by atoms with Gasteiger partial charge in [0.2, 0.25) is 5.72 Å². The minimum absolute atomic E-state index is 0.202. The van der Waals surface area contributed by atoms with Gasteiger partial charge < -0.3 is 20.7 Å². The molecule has 0 saturated heterocycles. The molecule has 0 aliphatic carbocycles. The summed E-state index contributed by atoms with van der Waals surface area (Å²) in [5, 5.41) is 9.12. The lowest BCUT2D eigenvalue weighted by Gasteiger charge is -2.31.